The first-order chi connectivity index (χ1) is 9.81. The van der Waals surface area contributed by atoms with Crippen molar-refractivity contribution in [2.24, 2.45) is 5.92 Å². The molecule has 3 rings (SSSR count). The fourth-order valence-electron chi connectivity index (χ4n) is 1.80. The van der Waals surface area contributed by atoms with E-state index in [4.69, 9.17) is 0 Å². The highest BCUT2D eigenvalue weighted by atomic mass is 32.1. The maximum atomic E-state index is 11.6. The predicted octanol–water partition coefficient (Wildman–Crippen LogP) is 2.14. The van der Waals surface area contributed by atoms with E-state index < -0.39 is 0 Å². The molecule has 104 valence electrons. The van der Waals surface area contributed by atoms with E-state index >= 15 is 0 Å². The second kappa shape index (κ2) is 6.00. The highest BCUT2D eigenvalue weighted by Gasteiger charge is 2.21. The maximum absolute atomic E-state index is 11.6. The fraction of sp³-hybridized carbons (Fsp3) is 0.357. The molecule has 1 saturated carbocycles. The Morgan fingerprint density at radius 2 is 2.10 bits per heavy atom. The zero-order chi connectivity index (χ0) is 13.8. The number of nitrogens with zero attached hydrogens (tertiary/aromatic N) is 2. The Balaban J connectivity index is 1.50. The second-order valence-electron chi connectivity index (χ2n) is 4.89. The molecule has 0 unspecified atom stereocenters. The Morgan fingerprint density at radius 3 is 2.85 bits per heavy atom. The van der Waals surface area contributed by atoms with E-state index in [1.54, 1.807) is 0 Å². The predicted molar refractivity (Wildman–Crippen MR) is 79.6 cm³/mol. The van der Waals surface area contributed by atoms with Gasteiger partial charge in [-0.1, -0.05) is 30.3 Å². The number of carbonyl (C=O) groups excluding carboxylic acids is 1. The molecule has 20 heavy (non-hydrogen) atoms. The molecule has 1 fully saturated rings. The first-order valence-corrected chi connectivity index (χ1v) is 7.48. The van der Waals surface area contributed by atoms with Crippen molar-refractivity contribution in [3.63, 3.8) is 0 Å². The van der Waals surface area contributed by atoms with Crippen molar-refractivity contribution in [1.29, 1.82) is 0 Å². The van der Waals surface area contributed by atoms with Crippen LogP contribution < -0.4 is 10.6 Å². The summed E-state index contributed by atoms with van der Waals surface area (Å²) in [6.45, 7) is 1.04. The minimum Gasteiger partial charge on any atom is -0.354 e. The van der Waals surface area contributed by atoms with E-state index in [0.29, 0.717) is 16.9 Å². The summed E-state index contributed by atoms with van der Waals surface area (Å²) in [7, 11) is 0. The van der Waals surface area contributed by atoms with Crippen LogP contribution in [0.1, 0.15) is 12.8 Å². The van der Waals surface area contributed by atoms with Crippen LogP contribution in [0.5, 0.6) is 0 Å². The minimum atomic E-state index is 0.00774. The molecule has 1 aliphatic rings. The summed E-state index contributed by atoms with van der Waals surface area (Å²) in [6.07, 6.45) is 2.48. The number of amides is 1. The molecule has 5 nitrogen and oxygen atoms in total. The van der Waals surface area contributed by atoms with Crippen molar-refractivity contribution < 1.29 is 4.79 Å². The average molecular weight is 288 g/mol. The van der Waals surface area contributed by atoms with Gasteiger partial charge in [0.25, 0.3) is 0 Å². The minimum absolute atomic E-state index is 0.00774. The number of hydrogen-bond acceptors (Lipinski definition) is 5. The largest absolute Gasteiger partial charge is 0.354 e. The third-order valence-corrected chi connectivity index (χ3v) is 3.82. The van der Waals surface area contributed by atoms with Crippen LogP contribution in [0.3, 0.4) is 0 Å². The summed E-state index contributed by atoms with van der Waals surface area (Å²) >= 11 is 1.27. The summed E-state index contributed by atoms with van der Waals surface area (Å²) in [6, 6.07) is 9.80. The molecule has 1 heterocycles. The van der Waals surface area contributed by atoms with Crippen molar-refractivity contribution in [2.75, 3.05) is 18.4 Å². The summed E-state index contributed by atoms with van der Waals surface area (Å²) in [4.78, 5) is 16.0. The second-order valence-corrected chi connectivity index (χ2v) is 5.64. The number of benzene rings is 1. The van der Waals surface area contributed by atoms with E-state index in [9.17, 15) is 4.79 Å². The number of hydrogen-bond donors (Lipinski definition) is 2. The monoisotopic (exact) mass is 288 g/mol. The molecular formula is C14H16N4OS. The quantitative estimate of drug-likeness (QED) is 0.854. The molecule has 0 spiro atoms. The van der Waals surface area contributed by atoms with Crippen LogP contribution in [0.25, 0.3) is 11.4 Å². The average Bonchev–Trinajstić information content (AvgIpc) is 3.20. The molecule has 2 aromatic rings. The molecule has 1 aromatic heterocycles. The maximum Gasteiger partial charge on any atom is 0.239 e. The Hall–Kier alpha value is -1.95. The van der Waals surface area contributed by atoms with Gasteiger partial charge in [0.1, 0.15) is 0 Å². The van der Waals surface area contributed by atoms with Gasteiger partial charge in [0.2, 0.25) is 11.0 Å². The Labute approximate surface area is 121 Å². The Morgan fingerprint density at radius 1 is 1.30 bits per heavy atom. The lowest BCUT2D eigenvalue weighted by molar-refractivity contribution is -0.119. The van der Waals surface area contributed by atoms with Crippen molar-refractivity contribution in [1.82, 2.24) is 14.7 Å². The number of nitrogens with one attached hydrogen (secondary N) is 2. The molecule has 1 amide bonds. The van der Waals surface area contributed by atoms with Crippen LogP contribution in [0.15, 0.2) is 30.3 Å². The van der Waals surface area contributed by atoms with Crippen molar-refractivity contribution in [3.8, 4) is 11.4 Å². The SMILES string of the molecule is O=C(CNc1nc(-c2ccccc2)ns1)NCC1CC1. The molecule has 2 N–H and O–H groups in total. The summed E-state index contributed by atoms with van der Waals surface area (Å²) < 4.78 is 4.28. The van der Waals surface area contributed by atoms with Crippen LogP contribution in [0.2, 0.25) is 0 Å². The molecule has 0 bridgehead atoms. The van der Waals surface area contributed by atoms with Crippen LogP contribution in [-0.2, 0) is 4.79 Å². The fourth-order valence-corrected chi connectivity index (χ4v) is 2.38. The van der Waals surface area contributed by atoms with Crippen molar-refractivity contribution in [3.05, 3.63) is 30.3 Å². The molecule has 0 aliphatic heterocycles. The molecule has 0 radical (unpaired) electrons. The number of aromatic nitrogens is 2. The van der Waals surface area contributed by atoms with Gasteiger partial charge < -0.3 is 10.6 Å². The summed E-state index contributed by atoms with van der Waals surface area (Å²) in [5.41, 5.74) is 0.981. The molecule has 6 heteroatoms. The normalized spacial score (nSPS) is 14.0. The van der Waals surface area contributed by atoms with Gasteiger partial charge >= 0.3 is 0 Å². The van der Waals surface area contributed by atoms with Crippen LogP contribution >= 0.6 is 11.5 Å². The van der Waals surface area contributed by atoms with Gasteiger partial charge in [-0.3, -0.25) is 4.79 Å². The number of carbonyl (C=O) groups is 1. The number of rotatable bonds is 6. The lowest BCUT2D eigenvalue weighted by Gasteiger charge is -2.03. The van der Waals surface area contributed by atoms with Gasteiger partial charge in [-0.05, 0) is 18.8 Å². The van der Waals surface area contributed by atoms with Crippen LogP contribution in [-0.4, -0.2) is 28.4 Å². The smallest absolute Gasteiger partial charge is 0.239 e. The third-order valence-electron chi connectivity index (χ3n) is 3.14. The van der Waals surface area contributed by atoms with Gasteiger partial charge in [-0.2, -0.15) is 9.36 Å². The Bertz CT molecular complexity index is 580. The summed E-state index contributed by atoms with van der Waals surface area (Å²) in [5, 5.41) is 6.59. The van der Waals surface area contributed by atoms with Crippen LogP contribution in [0, 0.1) is 5.92 Å². The molecule has 0 saturated heterocycles. The van der Waals surface area contributed by atoms with E-state index in [1.165, 1.54) is 24.4 Å². The standard InChI is InChI=1S/C14H16N4OS/c19-12(15-8-10-6-7-10)9-16-14-17-13(18-20-14)11-4-2-1-3-5-11/h1-5,10H,6-9H2,(H,15,19)(H,16,17,18). The zero-order valence-corrected chi connectivity index (χ0v) is 11.8. The van der Waals surface area contributed by atoms with Crippen molar-refractivity contribution >= 4 is 22.6 Å². The van der Waals surface area contributed by atoms with Gasteiger partial charge in [0.15, 0.2) is 5.82 Å². The van der Waals surface area contributed by atoms with E-state index in [2.05, 4.69) is 20.0 Å². The van der Waals surface area contributed by atoms with Gasteiger partial charge in [0.05, 0.1) is 6.54 Å². The van der Waals surface area contributed by atoms with Gasteiger partial charge in [0, 0.05) is 23.6 Å². The first kappa shape index (κ1) is 13.1. The molecule has 1 aliphatic carbocycles. The first-order valence-electron chi connectivity index (χ1n) is 6.71. The zero-order valence-electron chi connectivity index (χ0n) is 11.0. The molecule has 0 atom stereocenters. The number of anilines is 1. The highest BCUT2D eigenvalue weighted by molar-refractivity contribution is 7.09. The van der Waals surface area contributed by atoms with Gasteiger partial charge in [-0.15, -0.1) is 0 Å². The van der Waals surface area contributed by atoms with Crippen LogP contribution in [0.4, 0.5) is 5.13 Å². The van der Waals surface area contributed by atoms with E-state index in [-0.39, 0.29) is 12.5 Å². The molecule has 1 aromatic carbocycles. The van der Waals surface area contributed by atoms with Crippen molar-refractivity contribution in [2.45, 2.75) is 12.8 Å². The highest BCUT2D eigenvalue weighted by Crippen LogP contribution is 2.27. The topological polar surface area (TPSA) is 66.9 Å². The van der Waals surface area contributed by atoms with E-state index in [0.717, 1.165) is 12.1 Å². The van der Waals surface area contributed by atoms with E-state index in [1.807, 2.05) is 30.3 Å². The summed E-state index contributed by atoms with van der Waals surface area (Å²) in [5.74, 6) is 1.40. The lowest BCUT2D eigenvalue weighted by atomic mass is 10.2. The third kappa shape index (κ3) is 3.54. The Kier molecular flexibility index (Phi) is 3.92. The molecular weight excluding hydrogens is 272 g/mol. The van der Waals surface area contributed by atoms with Gasteiger partial charge in [-0.25, -0.2) is 0 Å². The lowest BCUT2D eigenvalue weighted by Crippen LogP contribution is -2.31.